The van der Waals surface area contributed by atoms with Crippen LogP contribution in [-0.2, 0) is 14.1 Å². The van der Waals surface area contributed by atoms with Gasteiger partial charge < -0.3 is 39.6 Å². The monoisotopic (exact) mass is 562 g/mol. The molecule has 2 aliphatic rings. The molecule has 1 aromatic carbocycles. The number of carboxylic acid groups (broad SMARTS) is 1. The van der Waals surface area contributed by atoms with E-state index in [2.05, 4.69) is 15.3 Å². The predicted molar refractivity (Wildman–Crippen MR) is 139 cm³/mol. The average Bonchev–Trinajstić information content (AvgIpc) is 2.89. The molecule has 2 saturated heterocycles. The minimum absolute atomic E-state index is 0.0338. The third kappa shape index (κ3) is 7.30. The van der Waals surface area contributed by atoms with Crippen molar-refractivity contribution in [3.05, 3.63) is 42.1 Å². The van der Waals surface area contributed by atoms with Gasteiger partial charge in [-0.25, -0.2) is 14.8 Å². The summed E-state index contributed by atoms with van der Waals surface area (Å²) in [5, 5.41) is 11.6. The Kier molecular flexibility index (Phi) is 8.80. The summed E-state index contributed by atoms with van der Waals surface area (Å²) >= 11 is 0. The number of hydrogen-bond acceptors (Lipinski definition) is 8. The minimum atomic E-state index is -4.71. The van der Waals surface area contributed by atoms with E-state index in [4.69, 9.17) is 9.84 Å². The summed E-state index contributed by atoms with van der Waals surface area (Å²) in [6, 6.07) is 8.98. The Labute approximate surface area is 224 Å². The molecule has 210 valence electrons. The van der Waals surface area contributed by atoms with Gasteiger partial charge in [0.2, 0.25) is 5.91 Å². The van der Waals surface area contributed by atoms with E-state index >= 15 is 0 Å². The van der Waals surface area contributed by atoms with Crippen LogP contribution in [0.3, 0.4) is 0 Å². The SMILES string of the molecule is COCC1CN(c2cc(C(=O)N[C@@H](CP(=O)(O)O)C(=O)N3CCN(C(=O)O)CC3)nc(-c3ccccc3)n2)C1. The number of piperazine rings is 1. The lowest BCUT2D eigenvalue weighted by atomic mass is 10.0. The van der Waals surface area contributed by atoms with Crippen molar-refractivity contribution in [3.63, 3.8) is 0 Å². The number of nitrogens with zero attached hydrogens (tertiary/aromatic N) is 5. The highest BCUT2D eigenvalue weighted by Gasteiger charge is 2.35. The summed E-state index contributed by atoms with van der Waals surface area (Å²) in [6.45, 7) is 2.09. The molecular weight excluding hydrogens is 531 g/mol. The maximum atomic E-state index is 13.4. The Morgan fingerprint density at radius 1 is 1.08 bits per heavy atom. The molecule has 2 aliphatic heterocycles. The van der Waals surface area contributed by atoms with Crippen LogP contribution in [0.5, 0.6) is 0 Å². The van der Waals surface area contributed by atoms with Gasteiger partial charge in [0, 0.05) is 63.9 Å². The molecule has 0 aliphatic carbocycles. The second kappa shape index (κ2) is 12.1. The van der Waals surface area contributed by atoms with Crippen LogP contribution < -0.4 is 10.2 Å². The molecule has 0 spiro atoms. The lowest BCUT2D eigenvalue weighted by Gasteiger charge is -2.40. The summed E-state index contributed by atoms with van der Waals surface area (Å²) in [6.07, 6.45) is -2.03. The van der Waals surface area contributed by atoms with Crippen molar-refractivity contribution in [2.45, 2.75) is 6.04 Å². The number of methoxy groups -OCH3 is 1. The molecule has 4 rings (SSSR count). The second-order valence-electron chi connectivity index (χ2n) is 9.50. The molecule has 0 unspecified atom stereocenters. The van der Waals surface area contributed by atoms with Crippen molar-refractivity contribution >= 4 is 31.3 Å². The zero-order valence-corrected chi connectivity index (χ0v) is 22.2. The first-order valence-corrected chi connectivity index (χ1v) is 14.1. The molecule has 1 atom stereocenters. The largest absolute Gasteiger partial charge is 0.465 e. The van der Waals surface area contributed by atoms with Crippen LogP contribution in [0, 0.1) is 5.92 Å². The highest BCUT2D eigenvalue weighted by molar-refractivity contribution is 7.51. The van der Waals surface area contributed by atoms with E-state index in [9.17, 15) is 28.7 Å². The molecule has 4 N–H and O–H groups in total. The van der Waals surface area contributed by atoms with Gasteiger partial charge in [0.05, 0.1) is 12.8 Å². The maximum absolute atomic E-state index is 13.4. The van der Waals surface area contributed by atoms with Gasteiger partial charge in [-0.3, -0.25) is 14.2 Å². The summed E-state index contributed by atoms with van der Waals surface area (Å²) in [5.74, 6) is -0.394. The lowest BCUT2D eigenvalue weighted by molar-refractivity contribution is -0.134. The molecule has 39 heavy (non-hydrogen) atoms. The quantitative estimate of drug-likeness (QED) is 0.309. The highest BCUT2D eigenvalue weighted by Crippen LogP contribution is 2.35. The highest BCUT2D eigenvalue weighted by atomic mass is 31.2. The third-order valence-corrected chi connectivity index (χ3v) is 7.39. The number of hydrogen-bond donors (Lipinski definition) is 4. The average molecular weight is 563 g/mol. The van der Waals surface area contributed by atoms with Crippen molar-refractivity contribution in [2.24, 2.45) is 5.92 Å². The Morgan fingerprint density at radius 3 is 2.31 bits per heavy atom. The number of nitrogens with one attached hydrogen (secondary N) is 1. The van der Waals surface area contributed by atoms with Crippen molar-refractivity contribution < 1.29 is 38.6 Å². The number of aromatic nitrogens is 2. The molecule has 2 fully saturated rings. The smallest absolute Gasteiger partial charge is 0.407 e. The van der Waals surface area contributed by atoms with E-state index in [0.29, 0.717) is 37.0 Å². The van der Waals surface area contributed by atoms with Crippen molar-refractivity contribution in [1.82, 2.24) is 25.1 Å². The number of rotatable bonds is 9. The first-order valence-electron chi connectivity index (χ1n) is 12.3. The van der Waals surface area contributed by atoms with Crippen LogP contribution in [0.15, 0.2) is 36.4 Å². The van der Waals surface area contributed by atoms with Crippen LogP contribution in [0.1, 0.15) is 10.5 Å². The summed E-state index contributed by atoms with van der Waals surface area (Å²) < 4.78 is 17.0. The first-order chi connectivity index (χ1) is 18.5. The standard InChI is InChI=1S/C24H31N6O8P/c1-38-14-16-12-30(13-16)20-11-18(25-21(27-20)17-5-3-2-4-6-17)22(31)26-19(15-39(35,36)37)23(32)28-7-9-29(10-8-28)24(33)34/h2-6,11,16,19H,7-10,12-15H2,1H3,(H,26,31)(H,33,34)(H2,35,36,37)/t19-/m0/s1. The van der Waals surface area contributed by atoms with E-state index in [1.54, 1.807) is 19.2 Å². The summed E-state index contributed by atoms with van der Waals surface area (Å²) in [7, 11) is -3.08. The minimum Gasteiger partial charge on any atom is -0.465 e. The molecule has 0 radical (unpaired) electrons. The maximum Gasteiger partial charge on any atom is 0.407 e. The van der Waals surface area contributed by atoms with Gasteiger partial charge in [-0.1, -0.05) is 30.3 Å². The van der Waals surface area contributed by atoms with E-state index in [1.165, 1.54) is 11.0 Å². The van der Waals surface area contributed by atoms with E-state index in [-0.39, 0.29) is 37.7 Å². The Bertz CT molecular complexity index is 1240. The van der Waals surface area contributed by atoms with Crippen molar-refractivity contribution in [1.29, 1.82) is 0 Å². The lowest BCUT2D eigenvalue weighted by Crippen LogP contribution is -2.56. The molecule has 1 aromatic heterocycles. The predicted octanol–water partition coefficient (Wildman–Crippen LogP) is 0.325. The number of ether oxygens (including phenoxy) is 1. The number of carbonyl (C=O) groups is 3. The number of carbonyl (C=O) groups excluding carboxylic acids is 2. The molecule has 14 nitrogen and oxygen atoms in total. The molecule has 3 amide bonds. The summed E-state index contributed by atoms with van der Waals surface area (Å²) in [4.78, 5) is 70.3. The summed E-state index contributed by atoms with van der Waals surface area (Å²) in [5.41, 5.74) is 0.606. The van der Waals surface area contributed by atoms with Gasteiger partial charge in [-0.15, -0.1) is 0 Å². The van der Waals surface area contributed by atoms with Gasteiger partial charge in [-0.05, 0) is 0 Å². The van der Waals surface area contributed by atoms with E-state index in [0.717, 1.165) is 4.90 Å². The van der Waals surface area contributed by atoms with Crippen LogP contribution >= 0.6 is 7.60 Å². The van der Waals surface area contributed by atoms with Gasteiger partial charge in [0.25, 0.3) is 5.91 Å². The number of anilines is 1. The Morgan fingerprint density at radius 2 is 1.72 bits per heavy atom. The number of benzene rings is 1. The normalized spacial score (nSPS) is 16.9. The van der Waals surface area contributed by atoms with E-state index in [1.807, 2.05) is 23.1 Å². The molecule has 0 saturated carbocycles. The number of amides is 3. The van der Waals surface area contributed by atoms with E-state index < -0.39 is 37.7 Å². The second-order valence-corrected chi connectivity index (χ2v) is 11.2. The zero-order chi connectivity index (χ0) is 28.2. The zero-order valence-electron chi connectivity index (χ0n) is 21.3. The molecule has 15 heteroatoms. The fourth-order valence-electron chi connectivity index (χ4n) is 4.52. The van der Waals surface area contributed by atoms with Crippen LogP contribution in [0.2, 0.25) is 0 Å². The van der Waals surface area contributed by atoms with Gasteiger partial charge in [0.1, 0.15) is 17.6 Å². The van der Waals surface area contributed by atoms with Crippen molar-refractivity contribution in [3.8, 4) is 11.4 Å². The molecular formula is C24H31N6O8P. The third-order valence-electron chi connectivity index (χ3n) is 6.55. The van der Waals surface area contributed by atoms with Gasteiger partial charge in [-0.2, -0.15) is 0 Å². The van der Waals surface area contributed by atoms with Gasteiger partial charge in [0.15, 0.2) is 5.82 Å². The molecule has 2 aromatic rings. The topological polar surface area (TPSA) is 186 Å². The van der Waals surface area contributed by atoms with Crippen molar-refractivity contribution in [2.75, 3.05) is 64.0 Å². The Balaban J connectivity index is 1.57. The fraction of sp³-hybridized carbons (Fsp3) is 0.458. The van der Waals surface area contributed by atoms with Crippen LogP contribution in [-0.4, -0.2) is 118 Å². The van der Waals surface area contributed by atoms with Crippen LogP contribution in [0.4, 0.5) is 10.6 Å². The molecule has 0 bridgehead atoms. The van der Waals surface area contributed by atoms with Crippen LogP contribution in [0.25, 0.3) is 11.4 Å². The molecule has 3 heterocycles. The van der Waals surface area contributed by atoms with Gasteiger partial charge >= 0.3 is 13.7 Å². The Hall–Kier alpha value is -3.58. The fourth-order valence-corrected chi connectivity index (χ4v) is 5.24. The first kappa shape index (κ1) is 28.4.